The molecule has 2 unspecified atom stereocenters. The molecule has 4 aliphatic rings. The van der Waals surface area contributed by atoms with E-state index in [0.717, 1.165) is 32.1 Å². The van der Waals surface area contributed by atoms with Gasteiger partial charge in [-0.15, -0.1) is 0 Å². The molecule has 0 radical (unpaired) electrons. The number of carbonyl (C=O) groups is 1. The molecule has 7 heteroatoms. The van der Waals surface area contributed by atoms with Crippen molar-refractivity contribution >= 4 is 16.2 Å². The van der Waals surface area contributed by atoms with Crippen LogP contribution in [0.3, 0.4) is 0 Å². The summed E-state index contributed by atoms with van der Waals surface area (Å²) < 4.78 is 37.8. The molecule has 0 spiro atoms. The summed E-state index contributed by atoms with van der Waals surface area (Å²) in [7, 11) is -4.74. The van der Waals surface area contributed by atoms with Crippen LogP contribution in [-0.4, -0.2) is 36.1 Å². The highest BCUT2D eigenvalue weighted by Gasteiger charge is 2.62. The minimum absolute atomic E-state index is 0.107. The molecule has 28 heavy (non-hydrogen) atoms. The van der Waals surface area contributed by atoms with Crippen LogP contribution in [-0.2, 0) is 19.4 Å². The van der Waals surface area contributed by atoms with Crippen molar-refractivity contribution in [3.8, 4) is 0 Å². The van der Waals surface area contributed by atoms with E-state index in [-0.39, 0.29) is 28.6 Å². The first-order valence-corrected chi connectivity index (χ1v) is 12.1. The summed E-state index contributed by atoms with van der Waals surface area (Å²) in [5.74, 6) is 1.59. The molecule has 4 saturated carbocycles. The molecule has 6 nitrogen and oxygen atoms in total. The Balaban J connectivity index is 1.58. The first-order chi connectivity index (χ1) is 13.0. The van der Waals surface area contributed by atoms with Gasteiger partial charge in [0.2, 0.25) is 10.4 Å². The Bertz CT molecular complexity index is 748. The molecule has 9 atom stereocenters. The van der Waals surface area contributed by atoms with E-state index in [1.165, 1.54) is 0 Å². The molecule has 0 saturated heterocycles. The van der Waals surface area contributed by atoms with Crippen LogP contribution in [0.1, 0.15) is 72.1 Å². The Labute approximate surface area is 168 Å². The number of hydrogen-bond donors (Lipinski definition) is 1. The third-order valence-corrected chi connectivity index (χ3v) is 9.83. The van der Waals surface area contributed by atoms with Gasteiger partial charge in [0.1, 0.15) is 5.78 Å². The molecule has 0 aromatic carbocycles. The smallest absolute Gasteiger partial charge is 0.217 e. The number of ketones is 1. The Morgan fingerprint density at radius 1 is 1.11 bits per heavy atom. The monoisotopic (exact) mass is 413 g/mol. The van der Waals surface area contributed by atoms with Crippen LogP contribution in [0.5, 0.6) is 0 Å². The van der Waals surface area contributed by atoms with E-state index in [1.54, 1.807) is 0 Å². The van der Waals surface area contributed by atoms with Crippen LogP contribution in [0.4, 0.5) is 0 Å². The van der Waals surface area contributed by atoms with Gasteiger partial charge in [-0.05, 0) is 86.4 Å². The molecular formula is C21H33O6S-. The van der Waals surface area contributed by atoms with Crippen LogP contribution in [0, 0.1) is 40.4 Å². The lowest BCUT2D eigenvalue weighted by Gasteiger charge is -2.60. The van der Waals surface area contributed by atoms with Gasteiger partial charge >= 0.3 is 0 Å². The molecule has 1 N–H and O–H groups in total. The number of Topliss-reactive ketones (excluding diaryl/α,β-unsaturated/α-hetero) is 1. The Morgan fingerprint density at radius 2 is 1.75 bits per heavy atom. The standard InChI is InChI=1S/C21H34O6S/c1-12(22)15-4-5-16-14-11-19(23)18-10-13(27-28(24,25)26)6-8-21(18,3)17(14)7-9-20(15,16)2/h12-18,22H,4-11H2,1-3H3,(H,24,25,26)/p-1/t12?,13-,14-,15+,16-,17-,18?,20+,21+/m0/s1. The SMILES string of the molecule is CC(O)[C@H]1CC[C@H]2[C@@H]3CC(=O)C4C[C@@H](OS(=O)(=O)[O-])CC[C@]4(C)[C@H]3CC[C@]12C. The largest absolute Gasteiger partial charge is 0.726 e. The zero-order chi connectivity index (χ0) is 20.5. The van der Waals surface area contributed by atoms with E-state index in [4.69, 9.17) is 4.18 Å². The Kier molecular flexibility index (Phi) is 5.01. The lowest BCUT2D eigenvalue weighted by molar-refractivity contribution is -0.159. The second kappa shape index (κ2) is 6.76. The van der Waals surface area contributed by atoms with Crippen molar-refractivity contribution in [2.45, 2.75) is 84.3 Å². The van der Waals surface area contributed by atoms with Crippen LogP contribution in [0.2, 0.25) is 0 Å². The second-order valence-corrected chi connectivity index (χ2v) is 11.5. The first kappa shape index (κ1) is 20.8. The predicted octanol–water partition coefficient (Wildman–Crippen LogP) is 3.05. The molecule has 4 rings (SSSR count). The summed E-state index contributed by atoms with van der Waals surface area (Å²) in [4.78, 5) is 13.2. The fourth-order valence-electron chi connectivity index (χ4n) is 8.09. The van der Waals surface area contributed by atoms with Crippen molar-refractivity contribution in [3.05, 3.63) is 0 Å². The summed E-state index contributed by atoms with van der Waals surface area (Å²) in [5, 5.41) is 10.3. The van der Waals surface area contributed by atoms with Crippen LogP contribution in [0.15, 0.2) is 0 Å². The zero-order valence-electron chi connectivity index (χ0n) is 17.1. The molecule has 160 valence electrons. The molecule has 4 aliphatic carbocycles. The van der Waals surface area contributed by atoms with Crippen LogP contribution in [0.25, 0.3) is 0 Å². The van der Waals surface area contributed by atoms with Crippen molar-refractivity contribution in [1.29, 1.82) is 0 Å². The van der Waals surface area contributed by atoms with Gasteiger partial charge in [-0.1, -0.05) is 13.8 Å². The number of fused-ring (bicyclic) bond motifs is 5. The third-order valence-electron chi connectivity index (χ3n) is 9.32. The van der Waals surface area contributed by atoms with E-state index in [0.29, 0.717) is 42.9 Å². The van der Waals surface area contributed by atoms with Crippen molar-refractivity contribution in [2.24, 2.45) is 40.4 Å². The molecule has 0 aliphatic heterocycles. The highest BCUT2D eigenvalue weighted by molar-refractivity contribution is 7.80. The lowest BCUT2D eigenvalue weighted by Crippen LogP contribution is -2.57. The fraction of sp³-hybridized carbons (Fsp3) is 0.952. The van der Waals surface area contributed by atoms with Crippen molar-refractivity contribution in [1.82, 2.24) is 0 Å². The maximum absolute atomic E-state index is 13.2. The number of carbonyl (C=O) groups excluding carboxylic acids is 1. The number of hydrogen-bond acceptors (Lipinski definition) is 6. The van der Waals surface area contributed by atoms with E-state index < -0.39 is 16.5 Å². The van der Waals surface area contributed by atoms with Crippen LogP contribution >= 0.6 is 0 Å². The predicted molar refractivity (Wildman–Crippen MR) is 102 cm³/mol. The van der Waals surface area contributed by atoms with Gasteiger partial charge in [0.05, 0.1) is 12.2 Å². The van der Waals surface area contributed by atoms with Gasteiger partial charge in [-0.2, -0.15) is 0 Å². The molecule has 0 aromatic heterocycles. The van der Waals surface area contributed by atoms with Gasteiger partial charge in [-0.3, -0.25) is 8.98 Å². The number of aliphatic hydroxyl groups is 1. The topological polar surface area (TPSA) is 104 Å². The van der Waals surface area contributed by atoms with Gasteiger partial charge in [-0.25, -0.2) is 8.42 Å². The van der Waals surface area contributed by atoms with Gasteiger partial charge in [0, 0.05) is 12.3 Å². The summed E-state index contributed by atoms with van der Waals surface area (Å²) >= 11 is 0. The van der Waals surface area contributed by atoms with Crippen molar-refractivity contribution < 1.29 is 27.1 Å². The Morgan fingerprint density at radius 3 is 2.39 bits per heavy atom. The maximum Gasteiger partial charge on any atom is 0.217 e. The highest BCUT2D eigenvalue weighted by atomic mass is 32.3. The lowest BCUT2D eigenvalue weighted by atomic mass is 9.44. The van der Waals surface area contributed by atoms with Crippen LogP contribution < -0.4 is 0 Å². The normalized spacial score (nSPS) is 49.8. The summed E-state index contributed by atoms with van der Waals surface area (Å²) in [6, 6.07) is 0. The number of aliphatic hydroxyl groups excluding tert-OH is 1. The summed E-state index contributed by atoms with van der Waals surface area (Å²) in [5.41, 5.74) is -0.0352. The average molecular weight is 414 g/mol. The Hall–Kier alpha value is -0.500. The summed E-state index contributed by atoms with van der Waals surface area (Å²) in [6.45, 7) is 6.43. The molecule has 0 heterocycles. The summed E-state index contributed by atoms with van der Waals surface area (Å²) in [6.07, 6.45) is 5.43. The minimum atomic E-state index is -4.74. The van der Waals surface area contributed by atoms with Gasteiger partial charge in [0.15, 0.2) is 0 Å². The molecular weight excluding hydrogens is 380 g/mol. The third kappa shape index (κ3) is 3.17. The minimum Gasteiger partial charge on any atom is -0.726 e. The maximum atomic E-state index is 13.2. The van der Waals surface area contributed by atoms with Gasteiger partial charge in [0.25, 0.3) is 0 Å². The molecule has 4 fully saturated rings. The quantitative estimate of drug-likeness (QED) is 0.563. The molecule has 0 amide bonds. The van der Waals surface area contributed by atoms with E-state index in [9.17, 15) is 22.9 Å². The highest BCUT2D eigenvalue weighted by Crippen LogP contribution is 2.67. The first-order valence-electron chi connectivity index (χ1n) is 10.8. The molecule has 0 bridgehead atoms. The van der Waals surface area contributed by atoms with E-state index in [2.05, 4.69) is 13.8 Å². The van der Waals surface area contributed by atoms with Gasteiger partial charge < -0.3 is 9.66 Å². The fourth-order valence-corrected chi connectivity index (χ4v) is 8.60. The second-order valence-electron chi connectivity index (χ2n) is 10.5. The van der Waals surface area contributed by atoms with E-state index >= 15 is 0 Å². The zero-order valence-corrected chi connectivity index (χ0v) is 17.9. The number of rotatable bonds is 3. The van der Waals surface area contributed by atoms with E-state index in [1.807, 2.05) is 6.92 Å². The van der Waals surface area contributed by atoms with Crippen molar-refractivity contribution in [2.75, 3.05) is 0 Å². The average Bonchev–Trinajstić information content (AvgIpc) is 2.92. The van der Waals surface area contributed by atoms with Crippen molar-refractivity contribution in [3.63, 3.8) is 0 Å². The molecule has 0 aromatic rings.